The molecule has 0 heterocycles. The topological polar surface area (TPSA) is 50.4 Å². The molecule has 0 aromatic heterocycles. The van der Waals surface area contributed by atoms with Crippen LogP contribution in [0.2, 0.25) is 0 Å². The number of carbonyl (C=O) groups is 1. The van der Waals surface area contributed by atoms with Gasteiger partial charge in [-0.15, -0.1) is 0 Å². The lowest BCUT2D eigenvalue weighted by Gasteiger charge is -2.07. The zero-order valence-corrected chi connectivity index (χ0v) is 10.5. The number of ether oxygens (including phenoxy) is 1. The summed E-state index contributed by atoms with van der Waals surface area (Å²) in [5.74, 6) is 0.0662. The second-order valence-electron chi connectivity index (χ2n) is 3.88. The summed E-state index contributed by atoms with van der Waals surface area (Å²) in [6.45, 7) is 1.87. The van der Waals surface area contributed by atoms with Gasteiger partial charge in [0.25, 0.3) is 0 Å². The van der Waals surface area contributed by atoms with Crippen LogP contribution >= 0.6 is 0 Å². The molecule has 4 nitrogen and oxygen atoms in total. The summed E-state index contributed by atoms with van der Waals surface area (Å²) in [7, 11) is 3.51. The lowest BCUT2D eigenvalue weighted by atomic mass is 10.1. The Hall–Kier alpha value is -1.39. The summed E-state index contributed by atoms with van der Waals surface area (Å²) in [4.78, 5) is 11.4. The van der Waals surface area contributed by atoms with Gasteiger partial charge in [-0.3, -0.25) is 4.79 Å². The van der Waals surface area contributed by atoms with E-state index in [1.54, 1.807) is 7.11 Å². The fourth-order valence-electron chi connectivity index (χ4n) is 1.52. The van der Waals surface area contributed by atoms with Gasteiger partial charge >= 0.3 is 0 Å². The quantitative estimate of drug-likeness (QED) is 0.744. The zero-order chi connectivity index (χ0) is 12.5. The van der Waals surface area contributed by atoms with Crippen molar-refractivity contribution in [1.29, 1.82) is 0 Å². The molecule has 17 heavy (non-hydrogen) atoms. The standard InChI is InChI=1S/C13H20N2O2/c1-14-7-6-13(16)15-9-11-4-3-5-12(8-11)10-17-2/h3-5,8,14H,6-7,9-10H2,1-2H3,(H,15,16). The van der Waals surface area contributed by atoms with Gasteiger partial charge < -0.3 is 15.4 Å². The molecule has 1 aromatic carbocycles. The Morgan fingerprint density at radius 2 is 2.12 bits per heavy atom. The Bertz CT molecular complexity index is 353. The number of nitrogens with one attached hydrogen (secondary N) is 2. The predicted octanol–water partition coefficient (Wildman–Crippen LogP) is 1.06. The molecule has 2 N–H and O–H groups in total. The van der Waals surface area contributed by atoms with Gasteiger partial charge in [0.2, 0.25) is 5.91 Å². The largest absolute Gasteiger partial charge is 0.380 e. The van der Waals surface area contributed by atoms with E-state index in [0.29, 0.717) is 26.1 Å². The van der Waals surface area contributed by atoms with Gasteiger partial charge in [-0.1, -0.05) is 24.3 Å². The minimum Gasteiger partial charge on any atom is -0.380 e. The molecule has 0 spiro atoms. The van der Waals surface area contributed by atoms with Crippen LogP contribution in [-0.4, -0.2) is 26.6 Å². The molecule has 1 amide bonds. The van der Waals surface area contributed by atoms with Crippen molar-refractivity contribution in [3.63, 3.8) is 0 Å². The van der Waals surface area contributed by atoms with Crippen LogP contribution in [-0.2, 0) is 22.7 Å². The van der Waals surface area contributed by atoms with Gasteiger partial charge in [0, 0.05) is 26.6 Å². The summed E-state index contributed by atoms with van der Waals surface area (Å²) >= 11 is 0. The van der Waals surface area contributed by atoms with E-state index in [1.165, 1.54) is 0 Å². The van der Waals surface area contributed by atoms with Crippen molar-refractivity contribution in [2.45, 2.75) is 19.6 Å². The van der Waals surface area contributed by atoms with Gasteiger partial charge in [-0.2, -0.15) is 0 Å². The minimum absolute atomic E-state index is 0.0662. The summed E-state index contributed by atoms with van der Waals surface area (Å²) in [5.41, 5.74) is 2.21. The van der Waals surface area contributed by atoms with Gasteiger partial charge in [0.15, 0.2) is 0 Å². The molecule has 0 aliphatic carbocycles. The van der Waals surface area contributed by atoms with Crippen LogP contribution in [0.15, 0.2) is 24.3 Å². The first-order valence-corrected chi connectivity index (χ1v) is 5.74. The van der Waals surface area contributed by atoms with Crippen molar-refractivity contribution in [1.82, 2.24) is 10.6 Å². The van der Waals surface area contributed by atoms with E-state index in [0.717, 1.165) is 11.1 Å². The number of carbonyl (C=O) groups excluding carboxylic acids is 1. The van der Waals surface area contributed by atoms with Gasteiger partial charge in [0.05, 0.1) is 6.61 Å². The van der Waals surface area contributed by atoms with Crippen LogP contribution in [0.5, 0.6) is 0 Å². The molecule has 4 heteroatoms. The van der Waals surface area contributed by atoms with E-state index < -0.39 is 0 Å². The van der Waals surface area contributed by atoms with Crippen molar-refractivity contribution < 1.29 is 9.53 Å². The molecule has 1 rings (SSSR count). The zero-order valence-electron chi connectivity index (χ0n) is 10.5. The Labute approximate surface area is 102 Å². The Kier molecular flexibility index (Phi) is 6.29. The fraction of sp³-hybridized carbons (Fsp3) is 0.462. The molecular formula is C13H20N2O2. The third-order valence-electron chi connectivity index (χ3n) is 2.39. The van der Waals surface area contributed by atoms with Crippen molar-refractivity contribution in [2.75, 3.05) is 20.7 Å². The fourth-order valence-corrected chi connectivity index (χ4v) is 1.52. The molecule has 0 radical (unpaired) electrons. The van der Waals surface area contributed by atoms with E-state index in [2.05, 4.69) is 10.6 Å². The van der Waals surface area contributed by atoms with Crippen LogP contribution in [0.25, 0.3) is 0 Å². The van der Waals surface area contributed by atoms with Crippen molar-refractivity contribution >= 4 is 5.91 Å². The van der Waals surface area contributed by atoms with Crippen molar-refractivity contribution in [3.05, 3.63) is 35.4 Å². The van der Waals surface area contributed by atoms with Crippen LogP contribution in [0.1, 0.15) is 17.5 Å². The van der Waals surface area contributed by atoms with Crippen LogP contribution in [0, 0.1) is 0 Å². The summed E-state index contributed by atoms with van der Waals surface area (Å²) in [6, 6.07) is 8.03. The number of methoxy groups -OCH3 is 1. The molecule has 0 bridgehead atoms. The van der Waals surface area contributed by atoms with Crippen LogP contribution < -0.4 is 10.6 Å². The highest BCUT2D eigenvalue weighted by Crippen LogP contribution is 2.06. The highest BCUT2D eigenvalue weighted by atomic mass is 16.5. The maximum absolute atomic E-state index is 11.4. The van der Waals surface area contributed by atoms with E-state index in [4.69, 9.17) is 4.74 Å². The second-order valence-corrected chi connectivity index (χ2v) is 3.88. The van der Waals surface area contributed by atoms with Gasteiger partial charge in [-0.25, -0.2) is 0 Å². The maximum Gasteiger partial charge on any atom is 0.221 e. The molecular weight excluding hydrogens is 216 g/mol. The second kappa shape index (κ2) is 7.81. The van der Waals surface area contributed by atoms with Crippen LogP contribution in [0.4, 0.5) is 0 Å². The number of benzene rings is 1. The number of amides is 1. The predicted molar refractivity (Wildman–Crippen MR) is 67.5 cm³/mol. The minimum atomic E-state index is 0.0662. The molecule has 1 aromatic rings. The average Bonchev–Trinajstić information content (AvgIpc) is 2.35. The van der Waals surface area contributed by atoms with Gasteiger partial charge in [0.1, 0.15) is 0 Å². The van der Waals surface area contributed by atoms with Crippen molar-refractivity contribution in [2.24, 2.45) is 0 Å². The lowest BCUT2D eigenvalue weighted by molar-refractivity contribution is -0.121. The molecule has 94 valence electrons. The molecule has 0 atom stereocenters. The summed E-state index contributed by atoms with van der Waals surface area (Å²) < 4.78 is 5.07. The smallest absolute Gasteiger partial charge is 0.221 e. The Morgan fingerprint density at radius 1 is 1.35 bits per heavy atom. The summed E-state index contributed by atoms with van der Waals surface area (Å²) in [5, 5.41) is 5.83. The van der Waals surface area contributed by atoms with Gasteiger partial charge in [-0.05, 0) is 18.2 Å². The lowest BCUT2D eigenvalue weighted by Crippen LogP contribution is -2.26. The molecule has 0 aliphatic heterocycles. The average molecular weight is 236 g/mol. The van der Waals surface area contributed by atoms with E-state index in [-0.39, 0.29) is 5.91 Å². The molecule has 0 unspecified atom stereocenters. The number of hydrogen-bond donors (Lipinski definition) is 2. The third-order valence-corrected chi connectivity index (χ3v) is 2.39. The first kappa shape index (κ1) is 13.7. The van der Waals surface area contributed by atoms with E-state index in [9.17, 15) is 4.79 Å². The van der Waals surface area contributed by atoms with E-state index >= 15 is 0 Å². The Balaban J connectivity index is 2.40. The van der Waals surface area contributed by atoms with E-state index in [1.807, 2.05) is 31.3 Å². The third kappa shape index (κ3) is 5.47. The first-order valence-electron chi connectivity index (χ1n) is 5.74. The number of rotatable bonds is 7. The van der Waals surface area contributed by atoms with Crippen molar-refractivity contribution in [3.8, 4) is 0 Å². The normalized spacial score (nSPS) is 10.2. The summed E-state index contributed by atoms with van der Waals surface area (Å²) in [6.07, 6.45) is 0.508. The molecule has 0 saturated heterocycles. The highest BCUT2D eigenvalue weighted by Gasteiger charge is 2.01. The monoisotopic (exact) mass is 236 g/mol. The number of hydrogen-bond acceptors (Lipinski definition) is 3. The Morgan fingerprint density at radius 3 is 2.82 bits per heavy atom. The molecule has 0 fully saturated rings. The first-order chi connectivity index (χ1) is 8.26. The molecule has 0 aliphatic rings. The SMILES string of the molecule is CNCCC(=O)NCc1cccc(COC)c1. The molecule has 0 saturated carbocycles. The highest BCUT2D eigenvalue weighted by molar-refractivity contribution is 5.76. The maximum atomic E-state index is 11.4. The van der Waals surface area contributed by atoms with Crippen LogP contribution in [0.3, 0.4) is 0 Å².